The van der Waals surface area contributed by atoms with E-state index in [-0.39, 0.29) is 17.5 Å². The molecule has 0 amide bonds. The highest BCUT2D eigenvalue weighted by atomic mass is 35.5. The zero-order chi connectivity index (χ0) is 11.7. The van der Waals surface area contributed by atoms with Crippen LogP contribution in [0.4, 0.5) is 5.69 Å². The Kier molecular flexibility index (Phi) is 2.66. The van der Waals surface area contributed by atoms with E-state index < -0.39 is 5.97 Å². The summed E-state index contributed by atoms with van der Waals surface area (Å²) < 4.78 is 6.12. The summed E-state index contributed by atoms with van der Waals surface area (Å²) in [6, 6.07) is 1.47. The maximum atomic E-state index is 11.5. The number of halogens is 1. The summed E-state index contributed by atoms with van der Waals surface area (Å²) >= 11 is 5.74. The molecular weight excluding hydrogens is 232 g/mol. The highest BCUT2D eigenvalue weighted by Gasteiger charge is 2.16. The number of hydrogen-bond acceptors (Lipinski definition) is 5. The van der Waals surface area contributed by atoms with Crippen molar-refractivity contribution in [1.82, 2.24) is 14.6 Å². The molecule has 0 aromatic carbocycles. The number of anilines is 1. The Labute approximate surface area is 96.0 Å². The predicted molar refractivity (Wildman–Crippen MR) is 58.4 cm³/mol. The first-order valence-electron chi connectivity index (χ1n) is 4.60. The Hall–Kier alpha value is -1.82. The number of ether oxygens (including phenoxy) is 1. The van der Waals surface area contributed by atoms with Crippen LogP contribution in [0.2, 0.25) is 5.15 Å². The average molecular weight is 241 g/mol. The molecule has 0 atom stereocenters. The first-order chi connectivity index (χ1) is 7.63. The van der Waals surface area contributed by atoms with Crippen LogP contribution >= 0.6 is 11.6 Å². The van der Waals surface area contributed by atoms with Gasteiger partial charge in [0.25, 0.3) is 0 Å². The van der Waals surface area contributed by atoms with E-state index in [4.69, 9.17) is 22.1 Å². The minimum atomic E-state index is -0.510. The van der Waals surface area contributed by atoms with Crippen LogP contribution < -0.4 is 5.73 Å². The number of rotatable bonds is 2. The summed E-state index contributed by atoms with van der Waals surface area (Å²) in [7, 11) is 0. The van der Waals surface area contributed by atoms with Crippen LogP contribution in [0.1, 0.15) is 17.4 Å². The van der Waals surface area contributed by atoms with Crippen LogP contribution in [0, 0.1) is 0 Å². The van der Waals surface area contributed by atoms with Gasteiger partial charge in [0, 0.05) is 6.07 Å². The number of nitrogen functional groups attached to an aromatic ring is 1. The quantitative estimate of drug-likeness (QED) is 0.796. The third kappa shape index (κ3) is 1.67. The average Bonchev–Trinajstić information content (AvgIpc) is 2.61. The molecule has 0 fully saturated rings. The largest absolute Gasteiger partial charge is 0.461 e. The molecule has 0 aliphatic heterocycles. The van der Waals surface area contributed by atoms with Gasteiger partial charge in [0.05, 0.1) is 18.5 Å². The SMILES string of the molecule is CCOC(=O)c1cnc2c(N)cc(Cl)nn12. The van der Waals surface area contributed by atoms with E-state index in [1.165, 1.54) is 16.8 Å². The first-order valence-corrected chi connectivity index (χ1v) is 4.98. The molecule has 0 spiro atoms. The van der Waals surface area contributed by atoms with Crippen molar-refractivity contribution in [3.05, 3.63) is 23.1 Å². The van der Waals surface area contributed by atoms with Gasteiger partial charge in [-0.15, -0.1) is 0 Å². The highest BCUT2D eigenvalue weighted by molar-refractivity contribution is 6.29. The lowest BCUT2D eigenvalue weighted by molar-refractivity contribution is 0.0517. The molecular formula is C9H9ClN4O2. The Morgan fingerprint density at radius 1 is 1.69 bits per heavy atom. The molecule has 0 aliphatic rings. The van der Waals surface area contributed by atoms with E-state index >= 15 is 0 Å². The topological polar surface area (TPSA) is 82.5 Å². The van der Waals surface area contributed by atoms with Crippen LogP contribution in [0.3, 0.4) is 0 Å². The number of fused-ring (bicyclic) bond motifs is 1. The summed E-state index contributed by atoms with van der Waals surface area (Å²) in [6.07, 6.45) is 1.35. The van der Waals surface area contributed by atoms with Crippen molar-refractivity contribution >= 4 is 28.9 Å². The molecule has 2 heterocycles. The minimum Gasteiger partial charge on any atom is -0.461 e. The van der Waals surface area contributed by atoms with E-state index in [1.807, 2.05) is 0 Å². The van der Waals surface area contributed by atoms with E-state index in [2.05, 4.69) is 10.1 Å². The second kappa shape index (κ2) is 3.97. The van der Waals surface area contributed by atoms with Gasteiger partial charge in [-0.25, -0.2) is 14.3 Å². The summed E-state index contributed by atoms with van der Waals surface area (Å²) in [4.78, 5) is 15.5. The predicted octanol–water partition coefficient (Wildman–Crippen LogP) is 1.14. The second-order valence-electron chi connectivity index (χ2n) is 3.02. The standard InChI is InChI=1S/C9H9ClN4O2/c1-2-16-9(15)6-4-12-8-5(11)3-7(10)13-14(6)8/h3-4H,2,11H2,1H3. The molecule has 6 nitrogen and oxygen atoms in total. The molecule has 2 aromatic heterocycles. The number of imidazole rings is 1. The molecule has 2 N–H and O–H groups in total. The second-order valence-corrected chi connectivity index (χ2v) is 3.41. The van der Waals surface area contributed by atoms with Gasteiger partial charge in [-0.1, -0.05) is 11.6 Å². The fraction of sp³-hybridized carbons (Fsp3) is 0.222. The van der Waals surface area contributed by atoms with Gasteiger partial charge in [0.1, 0.15) is 0 Å². The third-order valence-electron chi connectivity index (χ3n) is 1.95. The number of carbonyl (C=O) groups excluding carboxylic acids is 1. The molecule has 0 saturated carbocycles. The van der Waals surface area contributed by atoms with Crippen molar-refractivity contribution in [3.8, 4) is 0 Å². The Balaban J connectivity index is 2.60. The molecule has 2 rings (SSSR count). The zero-order valence-corrected chi connectivity index (χ0v) is 9.23. The maximum absolute atomic E-state index is 11.5. The summed E-state index contributed by atoms with van der Waals surface area (Å²) in [5.74, 6) is -0.510. The maximum Gasteiger partial charge on any atom is 0.358 e. The van der Waals surface area contributed by atoms with Crippen molar-refractivity contribution in [2.45, 2.75) is 6.92 Å². The molecule has 2 aromatic rings. The van der Waals surface area contributed by atoms with Gasteiger partial charge in [-0.3, -0.25) is 0 Å². The van der Waals surface area contributed by atoms with Gasteiger partial charge in [0.2, 0.25) is 0 Å². The highest BCUT2D eigenvalue weighted by Crippen LogP contribution is 2.17. The Bertz CT molecular complexity index is 552. The fourth-order valence-corrected chi connectivity index (χ4v) is 1.50. The Morgan fingerprint density at radius 2 is 2.44 bits per heavy atom. The molecule has 16 heavy (non-hydrogen) atoms. The summed E-state index contributed by atoms with van der Waals surface area (Å²) in [5, 5.41) is 4.13. The molecule has 0 unspecified atom stereocenters. The van der Waals surface area contributed by atoms with Crippen LogP contribution in [-0.4, -0.2) is 27.2 Å². The van der Waals surface area contributed by atoms with Crippen LogP contribution in [-0.2, 0) is 4.74 Å². The zero-order valence-electron chi connectivity index (χ0n) is 8.48. The van der Waals surface area contributed by atoms with Gasteiger partial charge in [-0.2, -0.15) is 5.10 Å². The number of hydrogen-bond donors (Lipinski definition) is 1. The smallest absolute Gasteiger partial charge is 0.358 e. The van der Waals surface area contributed by atoms with E-state index in [0.717, 1.165) is 0 Å². The number of nitrogens with zero attached hydrogens (tertiary/aromatic N) is 3. The number of esters is 1. The van der Waals surface area contributed by atoms with E-state index in [0.29, 0.717) is 11.3 Å². The van der Waals surface area contributed by atoms with E-state index in [1.54, 1.807) is 6.92 Å². The number of nitrogens with two attached hydrogens (primary N) is 1. The van der Waals surface area contributed by atoms with Gasteiger partial charge in [0.15, 0.2) is 16.5 Å². The first kappa shape index (κ1) is 10.7. The molecule has 0 aliphatic carbocycles. The van der Waals surface area contributed by atoms with Crippen molar-refractivity contribution in [2.24, 2.45) is 0 Å². The van der Waals surface area contributed by atoms with Crippen LogP contribution in [0.25, 0.3) is 5.65 Å². The lowest BCUT2D eigenvalue weighted by Gasteiger charge is -2.02. The lowest BCUT2D eigenvalue weighted by atomic mass is 10.4. The Morgan fingerprint density at radius 3 is 3.12 bits per heavy atom. The molecule has 84 valence electrons. The normalized spacial score (nSPS) is 10.6. The monoisotopic (exact) mass is 240 g/mol. The van der Waals surface area contributed by atoms with Gasteiger partial charge >= 0.3 is 5.97 Å². The van der Waals surface area contributed by atoms with Gasteiger partial charge in [-0.05, 0) is 6.92 Å². The molecule has 0 bridgehead atoms. The molecule has 7 heteroatoms. The van der Waals surface area contributed by atoms with Crippen LogP contribution in [0.15, 0.2) is 12.3 Å². The third-order valence-corrected chi connectivity index (χ3v) is 2.14. The minimum absolute atomic E-state index is 0.188. The van der Waals surface area contributed by atoms with Crippen molar-refractivity contribution < 1.29 is 9.53 Å². The van der Waals surface area contributed by atoms with Crippen LogP contribution in [0.5, 0.6) is 0 Å². The van der Waals surface area contributed by atoms with Gasteiger partial charge < -0.3 is 10.5 Å². The fourth-order valence-electron chi connectivity index (χ4n) is 1.31. The van der Waals surface area contributed by atoms with Crippen molar-refractivity contribution in [3.63, 3.8) is 0 Å². The molecule has 0 saturated heterocycles. The summed E-state index contributed by atoms with van der Waals surface area (Å²) in [6.45, 7) is 2.00. The van der Waals surface area contributed by atoms with E-state index in [9.17, 15) is 4.79 Å². The number of carbonyl (C=O) groups is 1. The van der Waals surface area contributed by atoms with Crippen molar-refractivity contribution in [2.75, 3.05) is 12.3 Å². The summed E-state index contributed by atoms with van der Waals surface area (Å²) in [5.41, 5.74) is 6.62. The van der Waals surface area contributed by atoms with Crippen molar-refractivity contribution in [1.29, 1.82) is 0 Å². The number of aromatic nitrogens is 3. The lowest BCUT2D eigenvalue weighted by Crippen LogP contribution is -2.10. The molecule has 0 radical (unpaired) electrons.